The summed E-state index contributed by atoms with van der Waals surface area (Å²) in [5.74, 6) is -2.33. The van der Waals surface area contributed by atoms with Gasteiger partial charge in [0.1, 0.15) is 5.76 Å². The van der Waals surface area contributed by atoms with Gasteiger partial charge in [0.25, 0.3) is 11.7 Å². The molecule has 1 fully saturated rings. The molecule has 0 saturated carbocycles. The van der Waals surface area contributed by atoms with Crippen molar-refractivity contribution in [1.82, 2.24) is 0 Å². The number of nitrogens with zero attached hydrogens (tertiary/aromatic N) is 1. The summed E-state index contributed by atoms with van der Waals surface area (Å²) in [6.07, 6.45) is -4.62. The Morgan fingerprint density at radius 1 is 0.882 bits per heavy atom. The smallest absolute Gasteiger partial charge is 0.416 e. The highest BCUT2D eigenvalue weighted by molar-refractivity contribution is 6.51. The number of anilines is 1. The van der Waals surface area contributed by atoms with Crippen molar-refractivity contribution >= 4 is 23.1 Å². The van der Waals surface area contributed by atoms with Gasteiger partial charge in [-0.3, -0.25) is 14.5 Å². The van der Waals surface area contributed by atoms with E-state index in [0.717, 1.165) is 33.7 Å². The first-order valence-corrected chi connectivity index (χ1v) is 10.6. The third kappa shape index (κ3) is 4.09. The normalized spacial score (nSPS) is 17.9. The van der Waals surface area contributed by atoms with Crippen LogP contribution in [0.2, 0.25) is 0 Å². The number of amides is 1. The highest BCUT2D eigenvalue weighted by Crippen LogP contribution is 2.43. The van der Waals surface area contributed by atoms with Crippen LogP contribution in [0.3, 0.4) is 0 Å². The fourth-order valence-electron chi connectivity index (χ4n) is 4.13. The minimum Gasteiger partial charge on any atom is -0.507 e. The second kappa shape index (κ2) is 8.48. The first-order chi connectivity index (χ1) is 16.0. The fraction of sp³-hybridized carbons (Fsp3) is 0.185. The summed E-state index contributed by atoms with van der Waals surface area (Å²) in [5, 5.41) is 11.2. The molecule has 4 nitrogen and oxygen atoms in total. The Kier molecular flexibility index (Phi) is 5.81. The summed E-state index contributed by atoms with van der Waals surface area (Å²) in [5.41, 5.74) is 2.35. The molecule has 34 heavy (non-hydrogen) atoms. The van der Waals surface area contributed by atoms with E-state index in [4.69, 9.17) is 0 Å². The number of halogens is 3. The number of aryl methyl sites for hydroxylation is 3. The number of rotatable bonds is 3. The number of aliphatic hydroxyl groups excluding tert-OH is 1. The molecule has 4 rings (SSSR count). The van der Waals surface area contributed by atoms with Gasteiger partial charge in [-0.2, -0.15) is 13.2 Å². The first kappa shape index (κ1) is 23.3. The maximum atomic E-state index is 13.4. The average molecular weight is 465 g/mol. The van der Waals surface area contributed by atoms with Crippen molar-refractivity contribution in [3.05, 3.63) is 106 Å². The van der Waals surface area contributed by atoms with Crippen LogP contribution in [-0.2, 0) is 15.8 Å². The van der Waals surface area contributed by atoms with Crippen molar-refractivity contribution in [2.75, 3.05) is 4.90 Å². The van der Waals surface area contributed by atoms with Crippen LogP contribution in [0.1, 0.15) is 39.4 Å². The molecule has 1 saturated heterocycles. The number of hydrogen-bond donors (Lipinski definition) is 1. The Morgan fingerprint density at radius 3 is 2.24 bits per heavy atom. The molecule has 1 heterocycles. The Hall–Kier alpha value is -3.87. The zero-order chi connectivity index (χ0) is 24.8. The molecule has 1 amide bonds. The molecule has 0 bridgehead atoms. The highest BCUT2D eigenvalue weighted by Gasteiger charge is 2.47. The minimum atomic E-state index is -4.62. The number of benzene rings is 3. The predicted octanol–water partition coefficient (Wildman–Crippen LogP) is 6.26. The van der Waals surface area contributed by atoms with E-state index in [1.807, 2.05) is 26.8 Å². The molecular weight excluding hydrogens is 443 g/mol. The maximum absolute atomic E-state index is 13.4. The lowest BCUT2D eigenvalue weighted by Gasteiger charge is -2.26. The number of aliphatic hydroxyl groups is 1. The lowest BCUT2D eigenvalue weighted by atomic mass is 9.93. The van der Waals surface area contributed by atoms with Crippen LogP contribution >= 0.6 is 0 Å². The zero-order valence-corrected chi connectivity index (χ0v) is 18.8. The van der Waals surface area contributed by atoms with Crippen LogP contribution in [0.4, 0.5) is 18.9 Å². The molecule has 174 valence electrons. The molecule has 1 aliphatic heterocycles. The van der Waals surface area contributed by atoms with Crippen LogP contribution < -0.4 is 4.90 Å². The van der Waals surface area contributed by atoms with Crippen LogP contribution in [0.25, 0.3) is 5.76 Å². The Morgan fingerprint density at radius 2 is 1.59 bits per heavy atom. The quantitative estimate of drug-likeness (QED) is 0.282. The average Bonchev–Trinajstić information content (AvgIpc) is 3.05. The van der Waals surface area contributed by atoms with Gasteiger partial charge in [-0.1, -0.05) is 48.0 Å². The van der Waals surface area contributed by atoms with E-state index in [-0.39, 0.29) is 17.0 Å². The molecule has 3 aromatic rings. The van der Waals surface area contributed by atoms with Gasteiger partial charge in [-0.15, -0.1) is 0 Å². The molecule has 0 radical (unpaired) electrons. The second-order valence-electron chi connectivity index (χ2n) is 8.43. The Balaban J connectivity index is 1.97. The monoisotopic (exact) mass is 465 g/mol. The summed E-state index contributed by atoms with van der Waals surface area (Å²) >= 11 is 0. The molecule has 3 aromatic carbocycles. The summed E-state index contributed by atoms with van der Waals surface area (Å²) in [4.78, 5) is 27.4. The molecule has 0 aromatic heterocycles. The van der Waals surface area contributed by atoms with E-state index < -0.39 is 29.5 Å². The lowest BCUT2D eigenvalue weighted by Crippen LogP contribution is -2.29. The summed E-state index contributed by atoms with van der Waals surface area (Å²) in [7, 11) is 0. The Bertz CT molecular complexity index is 1340. The molecule has 1 aliphatic rings. The SMILES string of the molecule is Cc1cccc(C2/C(=C(\O)c3ccc(C)c(C)c3)C(=O)C(=O)N2c2cccc(C(F)(F)F)c2)c1. The standard InChI is InChI=1S/C27H22F3NO3/c1-15-6-4-7-18(12-15)23-22(24(32)19-11-10-16(2)17(3)13-19)25(33)26(34)31(23)21-9-5-8-20(14-21)27(28,29)30/h4-14,23,32H,1-3H3/b24-22+. The lowest BCUT2D eigenvalue weighted by molar-refractivity contribution is -0.137. The van der Waals surface area contributed by atoms with E-state index in [9.17, 15) is 27.9 Å². The second-order valence-corrected chi connectivity index (χ2v) is 8.43. The summed E-state index contributed by atoms with van der Waals surface area (Å²) in [6, 6.07) is 15.3. The van der Waals surface area contributed by atoms with Gasteiger partial charge in [-0.25, -0.2) is 0 Å². The number of alkyl halides is 3. The summed E-state index contributed by atoms with van der Waals surface area (Å²) in [6.45, 7) is 5.58. The van der Waals surface area contributed by atoms with Crippen LogP contribution in [0.5, 0.6) is 0 Å². The number of carbonyl (C=O) groups excluding carboxylic acids is 2. The van der Waals surface area contributed by atoms with Gasteiger partial charge in [0.2, 0.25) is 0 Å². The topological polar surface area (TPSA) is 57.6 Å². The van der Waals surface area contributed by atoms with Crippen molar-refractivity contribution in [2.45, 2.75) is 33.0 Å². The molecule has 1 N–H and O–H groups in total. The Labute approximate surface area is 195 Å². The van der Waals surface area contributed by atoms with Crippen molar-refractivity contribution in [3.63, 3.8) is 0 Å². The molecule has 7 heteroatoms. The number of ketones is 1. The molecule has 1 atom stereocenters. The molecular formula is C27H22F3NO3. The zero-order valence-electron chi connectivity index (χ0n) is 18.8. The van der Waals surface area contributed by atoms with Gasteiger partial charge in [0.05, 0.1) is 17.2 Å². The van der Waals surface area contributed by atoms with Crippen LogP contribution in [-0.4, -0.2) is 16.8 Å². The predicted molar refractivity (Wildman–Crippen MR) is 123 cm³/mol. The largest absolute Gasteiger partial charge is 0.507 e. The van der Waals surface area contributed by atoms with Crippen molar-refractivity contribution in [3.8, 4) is 0 Å². The third-order valence-corrected chi connectivity index (χ3v) is 6.03. The molecule has 1 unspecified atom stereocenters. The number of hydrogen-bond acceptors (Lipinski definition) is 3. The van der Waals surface area contributed by atoms with E-state index in [1.54, 1.807) is 36.4 Å². The van der Waals surface area contributed by atoms with Crippen LogP contribution in [0.15, 0.2) is 72.3 Å². The van der Waals surface area contributed by atoms with Crippen molar-refractivity contribution in [2.24, 2.45) is 0 Å². The fourth-order valence-corrected chi connectivity index (χ4v) is 4.13. The highest BCUT2D eigenvalue weighted by atomic mass is 19.4. The van der Waals surface area contributed by atoms with Gasteiger partial charge >= 0.3 is 6.18 Å². The van der Waals surface area contributed by atoms with Crippen LogP contribution in [0, 0.1) is 20.8 Å². The van der Waals surface area contributed by atoms with E-state index in [0.29, 0.717) is 11.1 Å². The number of Topliss-reactive ketones (excluding diaryl/α,β-unsaturated/α-hetero) is 1. The van der Waals surface area contributed by atoms with E-state index >= 15 is 0 Å². The minimum absolute atomic E-state index is 0.0810. The van der Waals surface area contributed by atoms with Crippen molar-refractivity contribution in [1.29, 1.82) is 0 Å². The van der Waals surface area contributed by atoms with Gasteiger partial charge in [0.15, 0.2) is 0 Å². The van der Waals surface area contributed by atoms with Crippen molar-refractivity contribution < 1.29 is 27.9 Å². The molecule has 0 spiro atoms. The van der Waals surface area contributed by atoms with E-state index in [1.165, 1.54) is 12.1 Å². The summed E-state index contributed by atoms with van der Waals surface area (Å²) < 4.78 is 40.1. The number of carbonyl (C=O) groups is 2. The third-order valence-electron chi connectivity index (χ3n) is 6.03. The van der Waals surface area contributed by atoms with E-state index in [2.05, 4.69) is 0 Å². The van der Waals surface area contributed by atoms with Gasteiger partial charge in [-0.05, 0) is 61.7 Å². The maximum Gasteiger partial charge on any atom is 0.416 e. The van der Waals surface area contributed by atoms with Gasteiger partial charge in [0, 0.05) is 11.3 Å². The van der Waals surface area contributed by atoms with Gasteiger partial charge < -0.3 is 5.11 Å². The molecule has 0 aliphatic carbocycles. The first-order valence-electron chi connectivity index (χ1n) is 10.6.